The zero-order chi connectivity index (χ0) is 22.3. The number of carbonyl (C=O) groups is 1. The summed E-state index contributed by atoms with van der Waals surface area (Å²) in [6.07, 6.45) is 11.7. The monoisotopic (exact) mass is 455 g/mol. The van der Waals surface area contributed by atoms with Crippen LogP contribution >= 0.6 is 11.6 Å². The first-order chi connectivity index (χ1) is 15.4. The molecule has 2 aromatic heterocycles. The van der Waals surface area contributed by atoms with Crippen molar-refractivity contribution < 1.29 is 4.79 Å². The fourth-order valence-electron chi connectivity index (χ4n) is 5.12. The predicted octanol–water partition coefficient (Wildman–Crippen LogP) is 4.39. The minimum atomic E-state index is 0.202. The van der Waals surface area contributed by atoms with Gasteiger partial charge in [-0.2, -0.15) is 10.1 Å². The Kier molecular flexibility index (Phi) is 5.57. The van der Waals surface area contributed by atoms with Gasteiger partial charge in [0, 0.05) is 39.2 Å². The standard InChI is InChI=1S/C23H30ClN7O/c1-15(32)31-11-9-23(10-12-31)7-5-17(6-8-23)30(2)22-25-14-18(24)21(27-22)26-20-13-19(28-29-20)16-3-4-16/h3,13-14,17H,4-12H2,1-2H3,(H2,25,26,27,28,29). The van der Waals surface area contributed by atoms with Crippen LogP contribution in [0, 0.1) is 5.41 Å². The summed E-state index contributed by atoms with van der Waals surface area (Å²) in [5.41, 5.74) is 2.70. The van der Waals surface area contributed by atoms with Gasteiger partial charge in [-0.1, -0.05) is 17.7 Å². The molecule has 1 saturated heterocycles. The summed E-state index contributed by atoms with van der Waals surface area (Å²) in [6.45, 7) is 3.48. The lowest BCUT2D eigenvalue weighted by molar-refractivity contribution is -0.131. The molecule has 32 heavy (non-hydrogen) atoms. The lowest BCUT2D eigenvalue weighted by Gasteiger charge is -2.47. The fraction of sp³-hybridized carbons (Fsp3) is 0.565. The second-order valence-electron chi connectivity index (χ2n) is 9.44. The molecule has 2 fully saturated rings. The first-order valence-corrected chi connectivity index (χ1v) is 11.8. The van der Waals surface area contributed by atoms with Crippen molar-refractivity contribution in [3.05, 3.63) is 29.1 Å². The van der Waals surface area contributed by atoms with E-state index in [0.29, 0.717) is 34.1 Å². The molecule has 0 bridgehead atoms. The van der Waals surface area contributed by atoms with Crippen LogP contribution in [0.15, 0.2) is 18.3 Å². The van der Waals surface area contributed by atoms with E-state index >= 15 is 0 Å². The molecule has 2 aliphatic carbocycles. The van der Waals surface area contributed by atoms with E-state index in [2.05, 4.69) is 38.5 Å². The van der Waals surface area contributed by atoms with Gasteiger partial charge in [0.25, 0.3) is 0 Å². The summed E-state index contributed by atoms with van der Waals surface area (Å²) in [5.74, 6) is 2.13. The fourth-order valence-corrected chi connectivity index (χ4v) is 5.26. The summed E-state index contributed by atoms with van der Waals surface area (Å²) < 4.78 is 0. The number of piperidine rings is 1. The lowest BCUT2D eigenvalue weighted by Crippen LogP contribution is -2.46. The van der Waals surface area contributed by atoms with Crippen molar-refractivity contribution >= 4 is 40.7 Å². The topological polar surface area (TPSA) is 90.0 Å². The summed E-state index contributed by atoms with van der Waals surface area (Å²) in [6, 6.07) is 2.37. The number of H-pyrrole nitrogens is 1. The molecule has 3 aliphatic rings. The Balaban J connectivity index is 1.22. The number of nitrogens with zero attached hydrogens (tertiary/aromatic N) is 5. The van der Waals surface area contributed by atoms with Gasteiger partial charge in [-0.05, 0) is 55.9 Å². The third kappa shape index (κ3) is 4.33. The van der Waals surface area contributed by atoms with Crippen LogP contribution in [-0.4, -0.2) is 57.2 Å². The zero-order valence-electron chi connectivity index (χ0n) is 18.7. The number of anilines is 3. The number of allylic oxidation sites excluding steroid dienone is 2. The van der Waals surface area contributed by atoms with E-state index in [-0.39, 0.29) is 5.91 Å². The van der Waals surface area contributed by atoms with Crippen LogP contribution in [0.3, 0.4) is 0 Å². The Morgan fingerprint density at radius 1 is 1.28 bits per heavy atom. The van der Waals surface area contributed by atoms with Gasteiger partial charge in [0.15, 0.2) is 11.6 Å². The molecule has 0 aromatic carbocycles. The van der Waals surface area contributed by atoms with Crippen LogP contribution < -0.4 is 10.2 Å². The highest BCUT2D eigenvalue weighted by Crippen LogP contribution is 2.45. The molecule has 1 aliphatic heterocycles. The second-order valence-corrected chi connectivity index (χ2v) is 9.85. The van der Waals surface area contributed by atoms with E-state index in [1.54, 1.807) is 13.1 Å². The van der Waals surface area contributed by atoms with Crippen molar-refractivity contribution in [2.24, 2.45) is 5.41 Å². The third-order valence-corrected chi connectivity index (χ3v) is 7.73. The number of aromatic amines is 1. The van der Waals surface area contributed by atoms with Crippen molar-refractivity contribution in [1.29, 1.82) is 0 Å². The van der Waals surface area contributed by atoms with Crippen molar-refractivity contribution in [2.45, 2.75) is 57.9 Å². The minimum Gasteiger partial charge on any atom is -0.343 e. The summed E-state index contributed by atoms with van der Waals surface area (Å²) in [4.78, 5) is 25.0. The Morgan fingerprint density at radius 3 is 2.66 bits per heavy atom. The van der Waals surface area contributed by atoms with Gasteiger partial charge in [-0.15, -0.1) is 0 Å². The number of carbonyl (C=O) groups excluding carboxylic acids is 1. The molecule has 170 valence electrons. The zero-order valence-corrected chi connectivity index (χ0v) is 19.5. The van der Waals surface area contributed by atoms with Gasteiger partial charge >= 0.3 is 0 Å². The highest BCUT2D eigenvalue weighted by molar-refractivity contribution is 6.32. The molecule has 1 saturated carbocycles. The molecule has 0 unspecified atom stereocenters. The summed E-state index contributed by atoms with van der Waals surface area (Å²) in [5, 5.41) is 11.0. The molecule has 2 N–H and O–H groups in total. The van der Waals surface area contributed by atoms with Crippen molar-refractivity contribution in [3.63, 3.8) is 0 Å². The number of nitrogens with one attached hydrogen (secondary N) is 2. The number of halogens is 1. The maximum atomic E-state index is 11.7. The van der Waals surface area contributed by atoms with E-state index < -0.39 is 0 Å². The average Bonchev–Trinajstić information content (AvgIpc) is 3.54. The number of hydrogen-bond donors (Lipinski definition) is 2. The van der Waals surface area contributed by atoms with Crippen LogP contribution in [0.25, 0.3) is 5.57 Å². The van der Waals surface area contributed by atoms with Gasteiger partial charge in [-0.25, -0.2) is 4.98 Å². The SMILES string of the molecule is CC(=O)N1CCC2(CCC(N(C)c3ncc(Cl)c(Nc4cc(C5=CC5)[nH]n4)n3)CC2)CC1. The average molecular weight is 456 g/mol. The highest BCUT2D eigenvalue weighted by Gasteiger charge is 2.39. The molecule has 2 aromatic rings. The Morgan fingerprint density at radius 2 is 2.00 bits per heavy atom. The molecule has 1 amide bonds. The Bertz CT molecular complexity index is 1030. The normalized spacial score (nSPS) is 20.2. The number of aromatic nitrogens is 4. The number of amides is 1. The van der Waals surface area contributed by atoms with Crippen LogP contribution in [0.1, 0.15) is 57.6 Å². The van der Waals surface area contributed by atoms with Crippen molar-refractivity contribution in [3.8, 4) is 0 Å². The van der Waals surface area contributed by atoms with E-state index in [9.17, 15) is 4.79 Å². The predicted molar refractivity (Wildman–Crippen MR) is 126 cm³/mol. The molecule has 0 atom stereocenters. The van der Waals surface area contributed by atoms with Gasteiger partial charge in [0.2, 0.25) is 11.9 Å². The smallest absolute Gasteiger partial charge is 0.227 e. The Labute approximate surface area is 193 Å². The van der Waals surface area contributed by atoms with Gasteiger partial charge < -0.3 is 15.1 Å². The maximum absolute atomic E-state index is 11.7. The molecule has 0 radical (unpaired) electrons. The van der Waals surface area contributed by atoms with Gasteiger partial charge in [0.05, 0.1) is 11.9 Å². The number of likely N-dealkylation sites (tertiary alicyclic amines) is 1. The first-order valence-electron chi connectivity index (χ1n) is 11.5. The third-order valence-electron chi connectivity index (χ3n) is 7.46. The van der Waals surface area contributed by atoms with Crippen LogP contribution in [0.5, 0.6) is 0 Å². The van der Waals surface area contributed by atoms with Gasteiger partial charge in [-0.3, -0.25) is 9.89 Å². The molecule has 8 nitrogen and oxygen atoms in total. The van der Waals surface area contributed by atoms with Crippen molar-refractivity contribution in [1.82, 2.24) is 25.1 Å². The van der Waals surface area contributed by atoms with E-state index in [4.69, 9.17) is 16.6 Å². The maximum Gasteiger partial charge on any atom is 0.227 e. The molecule has 5 rings (SSSR count). The number of rotatable bonds is 5. The molecular formula is C23H30ClN7O. The van der Waals surface area contributed by atoms with Crippen LogP contribution in [0.2, 0.25) is 5.02 Å². The van der Waals surface area contributed by atoms with Crippen LogP contribution in [0.4, 0.5) is 17.6 Å². The Hall–Kier alpha value is -2.61. The molecule has 1 spiro atoms. The lowest BCUT2D eigenvalue weighted by atomic mass is 9.67. The van der Waals surface area contributed by atoms with E-state index in [1.165, 1.54) is 18.4 Å². The number of hydrogen-bond acceptors (Lipinski definition) is 6. The highest BCUT2D eigenvalue weighted by atomic mass is 35.5. The molecule has 9 heteroatoms. The second kappa shape index (κ2) is 8.39. The largest absolute Gasteiger partial charge is 0.343 e. The molecular weight excluding hydrogens is 426 g/mol. The van der Waals surface area contributed by atoms with E-state index in [1.807, 2.05) is 11.0 Å². The van der Waals surface area contributed by atoms with E-state index in [0.717, 1.165) is 50.9 Å². The minimum absolute atomic E-state index is 0.202. The summed E-state index contributed by atoms with van der Waals surface area (Å²) in [7, 11) is 2.07. The van der Waals surface area contributed by atoms with Gasteiger partial charge in [0.1, 0.15) is 5.02 Å². The quantitative estimate of drug-likeness (QED) is 0.694. The van der Waals surface area contributed by atoms with Crippen LogP contribution in [-0.2, 0) is 4.79 Å². The first kappa shape index (κ1) is 21.2. The molecule has 3 heterocycles. The van der Waals surface area contributed by atoms with Crippen molar-refractivity contribution in [2.75, 3.05) is 30.4 Å². The summed E-state index contributed by atoms with van der Waals surface area (Å²) >= 11 is 6.37.